The van der Waals surface area contributed by atoms with Crippen molar-refractivity contribution in [1.82, 2.24) is 0 Å². The van der Waals surface area contributed by atoms with E-state index in [0.717, 1.165) is 5.71 Å². The van der Waals surface area contributed by atoms with Crippen molar-refractivity contribution in [3.05, 3.63) is 35.9 Å². The van der Waals surface area contributed by atoms with Crippen molar-refractivity contribution in [1.29, 1.82) is 0 Å². The summed E-state index contributed by atoms with van der Waals surface area (Å²) in [5, 5.41) is 14.6. The molecule has 0 bridgehead atoms. The number of fused-ring (bicyclic) bond motifs is 1. The van der Waals surface area contributed by atoms with Crippen molar-refractivity contribution in [2.45, 2.75) is 70.1 Å². The van der Waals surface area contributed by atoms with Crippen molar-refractivity contribution in [3.8, 4) is 0 Å². The van der Waals surface area contributed by atoms with E-state index in [1.807, 2.05) is 6.07 Å². The van der Waals surface area contributed by atoms with Gasteiger partial charge in [-0.3, -0.25) is 0 Å². The Morgan fingerprint density at radius 2 is 1.96 bits per heavy atom. The number of oxime groups is 1. The zero-order valence-corrected chi connectivity index (χ0v) is 18.3. The predicted octanol–water partition coefficient (Wildman–Crippen LogP) is 3.76. The van der Waals surface area contributed by atoms with Gasteiger partial charge < -0.3 is 19.1 Å². The maximum absolute atomic E-state index is 12.5. The molecule has 0 radical (unpaired) electrons. The van der Waals surface area contributed by atoms with Gasteiger partial charge in [-0.15, -0.1) is 0 Å². The van der Waals surface area contributed by atoms with Gasteiger partial charge in [-0.1, -0.05) is 44.1 Å². The van der Waals surface area contributed by atoms with Crippen LogP contribution >= 0.6 is 0 Å². The highest BCUT2D eigenvalue weighted by atomic mass is 28.4. The maximum atomic E-state index is 12.5. The largest absolute Gasteiger partial charge is 0.458 e. The second-order valence-corrected chi connectivity index (χ2v) is 14.0. The van der Waals surface area contributed by atoms with E-state index in [9.17, 15) is 9.90 Å². The van der Waals surface area contributed by atoms with E-state index < -0.39 is 26.6 Å². The molecule has 2 aliphatic rings. The lowest BCUT2D eigenvalue weighted by atomic mass is 9.96. The van der Waals surface area contributed by atoms with Gasteiger partial charge >= 0.3 is 5.97 Å². The Hall–Kier alpha value is -1.70. The van der Waals surface area contributed by atoms with E-state index >= 15 is 0 Å². The molecule has 0 unspecified atom stereocenters. The SMILES string of the molecule is CC(C)(C)[Si](C)(C)OCCC1=NO[C@@H]2[C@H]1[C@@H](OC(=O)c1ccccc1)C[C@@H]2O. The third kappa shape index (κ3) is 4.31. The Labute approximate surface area is 168 Å². The average molecular weight is 406 g/mol. The molecule has 1 aromatic carbocycles. The van der Waals surface area contributed by atoms with Crippen LogP contribution in [-0.2, 0) is 14.0 Å². The quantitative estimate of drug-likeness (QED) is 0.576. The number of hydrogen-bond donors (Lipinski definition) is 1. The van der Waals surface area contributed by atoms with E-state index in [1.165, 1.54) is 0 Å². The van der Waals surface area contributed by atoms with Gasteiger partial charge in [0.05, 0.1) is 23.3 Å². The molecule has 1 aliphatic carbocycles. The van der Waals surface area contributed by atoms with Crippen LogP contribution in [0.1, 0.15) is 44.0 Å². The fourth-order valence-electron chi connectivity index (χ4n) is 3.44. The van der Waals surface area contributed by atoms with Crippen LogP contribution in [0.2, 0.25) is 18.1 Å². The van der Waals surface area contributed by atoms with Crippen molar-refractivity contribution >= 4 is 20.0 Å². The third-order valence-electron chi connectivity index (χ3n) is 6.18. The van der Waals surface area contributed by atoms with E-state index in [0.29, 0.717) is 25.0 Å². The van der Waals surface area contributed by atoms with Gasteiger partial charge in [-0.05, 0) is 30.3 Å². The fraction of sp³-hybridized carbons (Fsp3) is 0.619. The van der Waals surface area contributed by atoms with Crippen LogP contribution in [0.3, 0.4) is 0 Å². The van der Waals surface area contributed by atoms with Crippen LogP contribution in [-0.4, -0.2) is 50.0 Å². The Bertz CT molecular complexity index is 728. The molecule has 0 spiro atoms. The zero-order chi connectivity index (χ0) is 20.5. The zero-order valence-electron chi connectivity index (χ0n) is 17.3. The number of benzene rings is 1. The monoisotopic (exact) mass is 405 g/mol. The van der Waals surface area contributed by atoms with Crippen molar-refractivity contribution < 1.29 is 23.9 Å². The van der Waals surface area contributed by atoms with Crippen molar-refractivity contribution in [3.63, 3.8) is 0 Å². The molecule has 1 aromatic rings. The van der Waals surface area contributed by atoms with Crippen LogP contribution in [0.5, 0.6) is 0 Å². The number of ether oxygens (including phenoxy) is 1. The summed E-state index contributed by atoms with van der Waals surface area (Å²) in [6, 6.07) is 8.89. The van der Waals surface area contributed by atoms with Gasteiger partial charge in [-0.2, -0.15) is 0 Å². The lowest BCUT2D eigenvalue weighted by molar-refractivity contribution is -0.0118. The molecule has 4 atom stereocenters. The number of hydrogen-bond acceptors (Lipinski definition) is 6. The van der Waals surface area contributed by atoms with Crippen LogP contribution in [0.4, 0.5) is 0 Å². The molecule has 0 aromatic heterocycles. The van der Waals surface area contributed by atoms with E-state index in [-0.39, 0.29) is 16.9 Å². The summed E-state index contributed by atoms with van der Waals surface area (Å²) < 4.78 is 12.0. The molecule has 1 N–H and O–H groups in total. The molecule has 1 aliphatic heterocycles. The molecule has 1 fully saturated rings. The van der Waals surface area contributed by atoms with E-state index in [1.54, 1.807) is 24.3 Å². The van der Waals surface area contributed by atoms with Crippen molar-refractivity contribution in [2.24, 2.45) is 11.1 Å². The predicted molar refractivity (Wildman–Crippen MR) is 110 cm³/mol. The molecule has 3 rings (SSSR count). The second kappa shape index (κ2) is 7.97. The first-order chi connectivity index (χ1) is 13.1. The highest BCUT2D eigenvalue weighted by molar-refractivity contribution is 6.74. The highest BCUT2D eigenvalue weighted by Crippen LogP contribution is 2.39. The van der Waals surface area contributed by atoms with Gasteiger partial charge in [0.15, 0.2) is 14.4 Å². The van der Waals surface area contributed by atoms with Gasteiger partial charge in [0.2, 0.25) is 0 Å². The van der Waals surface area contributed by atoms with E-state index in [4.69, 9.17) is 14.0 Å². The topological polar surface area (TPSA) is 77.3 Å². The molecule has 7 heteroatoms. The first-order valence-electron chi connectivity index (χ1n) is 9.91. The normalized spacial score (nSPS) is 27.1. The summed E-state index contributed by atoms with van der Waals surface area (Å²) in [5.74, 6) is -0.604. The van der Waals surface area contributed by atoms with E-state index in [2.05, 4.69) is 39.0 Å². The summed E-state index contributed by atoms with van der Waals surface area (Å²) in [6.45, 7) is 11.6. The Morgan fingerprint density at radius 1 is 1.29 bits per heavy atom. The first-order valence-corrected chi connectivity index (χ1v) is 12.8. The molecule has 0 saturated heterocycles. The summed E-state index contributed by atoms with van der Waals surface area (Å²) in [5.41, 5.74) is 1.31. The highest BCUT2D eigenvalue weighted by Gasteiger charge is 2.52. The summed E-state index contributed by atoms with van der Waals surface area (Å²) in [6.07, 6.45) is -0.616. The Balaban J connectivity index is 1.62. The van der Waals surface area contributed by atoms with Gasteiger partial charge in [0.25, 0.3) is 0 Å². The van der Waals surface area contributed by atoms with Crippen LogP contribution < -0.4 is 0 Å². The lowest BCUT2D eigenvalue weighted by Gasteiger charge is -2.36. The summed E-state index contributed by atoms with van der Waals surface area (Å²) >= 11 is 0. The Morgan fingerprint density at radius 3 is 2.61 bits per heavy atom. The molecule has 28 heavy (non-hydrogen) atoms. The minimum Gasteiger partial charge on any atom is -0.458 e. The smallest absolute Gasteiger partial charge is 0.338 e. The van der Waals surface area contributed by atoms with Gasteiger partial charge in [0.1, 0.15) is 6.10 Å². The molecule has 1 heterocycles. The molecule has 6 nitrogen and oxygen atoms in total. The third-order valence-corrected chi connectivity index (χ3v) is 10.7. The average Bonchev–Trinajstić information content (AvgIpc) is 3.17. The number of rotatable bonds is 6. The first kappa shape index (κ1) is 21.0. The maximum Gasteiger partial charge on any atom is 0.338 e. The van der Waals surface area contributed by atoms with Gasteiger partial charge in [0, 0.05) is 19.4 Å². The molecule has 1 saturated carbocycles. The summed E-state index contributed by atoms with van der Waals surface area (Å²) in [4.78, 5) is 17.9. The second-order valence-electron chi connectivity index (χ2n) is 9.15. The number of nitrogens with zero attached hydrogens (tertiary/aromatic N) is 1. The standard InChI is InChI=1S/C21H31NO5Si/c1-21(2,3)28(4,5)25-12-11-15-18-17(13-16(23)19(18)27-22-15)26-20(24)14-9-7-6-8-10-14/h6-10,16-19,23H,11-13H2,1-5H3/t16-,17-,18+,19-/m0/s1. The minimum atomic E-state index is -1.84. The molecule has 154 valence electrons. The molecular formula is C21H31NO5Si. The summed E-state index contributed by atoms with van der Waals surface area (Å²) in [7, 11) is -1.84. The minimum absolute atomic E-state index is 0.140. The molecular weight excluding hydrogens is 374 g/mol. The number of aliphatic hydroxyl groups is 1. The van der Waals surface area contributed by atoms with Gasteiger partial charge in [-0.25, -0.2) is 4.79 Å². The Kier molecular flexibility index (Phi) is 5.98. The van der Waals surface area contributed by atoms with Crippen molar-refractivity contribution in [2.75, 3.05) is 6.61 Å². The number of esters is 1. The molecule has 0 amide bonds. The van der Waals surface area contributed by atoms with Crippen LogP contribution in [0, 0.1) is 5.92 Å². The number of carbonyl (C=O) groups excluding carboxylic acids is 1. The van der Waals surface area contributed by atoms with Crippen LogP contribution in [0.15, 0.2) is 35.5 Å². The number of aliphatic hydroxyl groups excluding tert-OH is 1. The lowest BCUT2D eigenvalue weighted by Crippen LogP contribution is -2.41. The fourth-order valence-corrected chi connectivity index (χ4v) is 4.49. The van der Waals surface area contributed by atoms with Crippen LogP contribution in [0.25, 0.3) is 0 Å². The number of carbonyl (C=O) groups is 1.